The Kier molecular flexibility index (Phi) is 6.25. The molecule has 27 heavy (non-hydrogen) atoms. The number of hydrogen-bond acceptors (Lipinski definition) is 7. The molecule has 3 aromatic rings. The number of ether oxygens (including phenoxy) is 1. The highest BCUT2D eigenvalue weighted by Crippen LogP contribution is 2.27. The zero-order valence-electron chi connectivity index (χ0n) is 14.8. The van der Waals surface area contributed by atoms with E-state index >= 15 is 0 Å². The van der Waals surface area contributed by atoms with Crippen LogP contribution in [-0.2, 0) is 11.3 Å². The van der Waals surface area contributed by atoms with Crippen molar-refractivity contribution in [3.63, 3.8) is 0 Å². The van der Waals surface area contributed by atoms with Crippen LogP contribution < -0.4 is 10.1 Å². The van der Waals surface area contributed by atoms with Crippen molar-refractivity contribution < 1.29 is 14.3 Å². The Balaban J connectivity index is 1.59. The van der Waals surface area contributed by atoms with Crippen LogP contribution in [-0.4, -0.2) is 39.4 Å². The predicted molar refractivity (Wildman–Crippen MR) is 105 cm³/mol. The number of imide groups is 1. The van der Waals surface area contributed by atoms with Crippen molar-refractivity contribution >= 4 is 34.9 Å². The third kappa shape index (κ3) is 4.55. The number of nitrogens with one attached hydrogen (secondary N) is 1. The van der Waals surface area contributed by atoms with Gasteiger partial charge < -0.3 is 9.30 Å². The van der Waals surface area contributed by atoms with Gasteiger partial charge in [-0.3, -0.25) is 14.9 Å². The first-order valence-corrected chi connectivity index (χ1v) is 10.1. The minimum atomic E-state index is -0.445. The van der Waals surface area contributed by atoms with E-state index in [0.717, 1.165) is 10.7 Å². The number of rotatable bonds is 7. The maximum absolute atomic E-state index is 12.1. The fraction of sp³-hybridized carbons (Fsp3) is 0.222. The molecular weight excluding hydrogens is 384 g/mol. The van der Waals surface area contributed by atoms with E-state index in [2.05, 4.69) is 15.5 Å². The van der Waals surface area contributed by atoms with Crippen molar-refractivity contribution in [2.75, 3.05) is 12.9 Å². The maximum Gasteiger partial charge on any atom is 0.257 e. The Labute approximate surface area is 164 Å². The maximum atomic E-state index is 12.1. The topological polar surface area (TPSA) is 86.1 Å². The van der Waals surface area contributed by atoms with Gasteiger partial charge in [0.1, 0.15) is 5.75 Å². The Bertz CT molecular complexity index is 921. The van der Waals surface area contributed by atoms with Crippen LogP contribution in [0.1, 0.15) is 17.3 Å². The van der Waals surface area contributed by atoms with E-state index in [1.807, 2.05) is 29.0 Å². The standard InChI is InChI=1S/C18H18N4O3S2/c1-3-22-16(14-5-4-10-26-14)20-21-18(22)27-11-15(23)19-17(24)12-6-8-13(25-2)9-7-12/h4-10H,3,11H2,1-2H3,(H,19,23,24). The lowest BCUT2D eigenvalue weighted by Crippen LogP contribution is -2.31. The van der Waals surface area contributed by atoms with Crippen LogP contribution in [0.15, 0.2) is 46.9 Å². The summed E-state index contributed by atoms with van der Waals surface area (Å²) < 4.78 is 7.01. The van der Waals surface area contributed by atoms with Gasteiger partial charge in [-0.05, 0) is 42.6 Å². The van der Waals surface area contributed by atoms with Crippen LogP contribution in [0.25, 0.3) is 10.7 Å². The number of thiophene rings is 1. The van der Waals surface area contributed by atoms with Gasteiger partial charge in [-0.25, -0.2) is 0 Å². The summed E-state index contributed by atoms with van der Waals surface area (Å²) >= 11 is 2.84. The molecular formula is C18H18N4O3S2. The second kappa shape index (κ2) is 8.83. The smallest absolute Gasteiger partial charge is 0.257 e. The van der Waals surface area contributed by atoms with E-state index in [1.54, 1.807) is 42.7 Å². The first kappa shape index (κ1) is 19.1. The molecule has 0 aliphatic heterocycles. The normalized spacial score (nSPS) is 10.6. The van der Waals surface area contributed by atoms with Gasteiger partial charge in [0, 0.05) is 12.1 Å². The summed E-state index contributed by atoms with van der Waals surface area (Å²) in [5.41, 5.74) is 0.394. The van der Waals surface area contributed by atoms with Gasteiger partial charge in [-0.2, -0.15) is 0 Å². The molecule has 2 heterocycles. The van der Waals surface area contributed by atoms with Crippen molar-refractivity contribution in [3.8, 4) is 16.5 Å². The number of amides is 2. The number of aromatic nitrogens is 3. The average molecular weight is 403 g/mol. The van der Waals surface area contributed by atoms with Gasteiger partial charge in [0.15, 0.2) is 11.0 Å². The predicted octanol–water partition coefficient (Wildman–Crippen LogP) is 3.08. The van der Waals surface area contributed by atoms with Gasteiger partial charge in [0.05, 0.1) is 17.7 Å². The molecule has 0 fully saturated rings. The van der Waals surface area contributed by atoms with E-state index < -0.39 is 5.91 Å². The summed E-state index contributed by atoms with van der Waals surface area (Å²) in [5, 5.41) is 13.4. The number of carbonyl (C=O) groups excluding carboxylic acids is 2. The monoisotopic (exact) mass is 402 g/mol. The molecule has 140 valence electrons. The second-order valence-corrected chi connectivity index (χ2v) is 7.31. The van der Waals surface area contributed by atoms with Crippen LogP contribution in [0.3, 0.4) is 0 Å². The SMILES string of the molecule is CCn1c(SCC(=O)NC(=O)c2ccc(OC)cc2)nnc1-c1cccs1. The third-order valence-electron chi connectivity index (χ3n) is 3.71. The summed E-state index contributed by atoms with van der Waals surface area (Å²) in [6.45, 7) is 2.69. The number of nitrogens with zero attached hydrogens (tertiary/aromatic N) is 3. The van der Waals surface area contributed by atoms with E-state index in [1.165, 1.54) is 11.8 Å². The second-order valence-electron chi connectivity index (χ2n) is 5.42. The largest absolute Gasteiger partial charge is 0.497 e. The molecule has 2 amide bonds. The Morgan fingerprint density at radius 1 is 1.22 bits per heavy atom. The minimum absolute atomic E-state index is 0.0739. The summed E-state index contributed by atoms with van der Waals surface area (Å²) in [6.07, 6.45) is 0. The van der Waals surface area contributed by atoms with Gasteiger partial charge in [-0.1, -0.05) is 17.8 Å². The number of carbonyl (C=O) groups is 2. The molecule has 9 heteroatoms. The van der Waals surface area contributed by atoms with Crippen molar-refractivity contribution in [1.82, 2.24) is 20.1 Å². The van der Waals surface area contributed by atoms with E-state index in [-0.39, 0.29) is 11.7 Å². The van der Waals surface area contributed by atoms with Gasteiger partial charge in [0.25, 0.3) is 5.91 Å². The molecule has 0 atom stereocenters. The van der Waals surface area contributed by atoms with Crippen LogP contribution in [0, 0.1) is 0 Å². The average Bonchev–Trinajstić information content (AvgIpc) is 3.35. The number of hydrogen-bond donors (Lipinski definition) is 1. The highest BCUT2D eigenvalue weighted by atomic mass is 32.2. The molecule has 3 rings (SSSR count). The van der Waals surface area contributed by atoms with Crippen LogP contribution in [0.5, 0.6) is 5.75 Å². The van der Waals surface area contributed by atoms with Crippen molar-refractivity contribution in [2.45, 2.75) is 18.6 Å². The third-order valence-corrected chi connectivity index (χ3v) is 5.54. The van der Waals surface area contributed by atoms with Gasteiger partial charge in [0.2, 0.25) is 5.91 Å². The number of thioether (sulfide) groups is 1. The van der Waals surface area contributed by atoms with E-state index in [9.17, 15) is 9.59 Å². The van der Waals surface area contributed by atoms with E-state index in [0.29, 0.717) is 23.0 Å². The summed E-state index contributed by atoms with van der Waals surface area (Å²) in [5.74, 6) is 0.673. The Hall–Kier alpha value is -2.65. The fourth-order valence-corrected chi connectivity index (χ4v) is 3.90. The number of methoxy groups -OCH3 is 1. The fourth-order valence-electron chi connectivity index (χ4n) is 2.38. The molecule has 1 aromatic carbocycles. The molecule has 0 aliphatic rings. The zero-order valence-corrected chi connectivity index (χ0v) is 16.5. The Morgan fingerprint density at radius 3 is 2.63 bits per heavy atom. The van der Waals surface area contributed by atoms with Gasteiger partial charge in [-0.15, -0.1) is 21.5 Å². The van der Waals surface area contributed by atoms with Crippen molar-refractivity contribution in [3.05, 3.63) is 47.3 Å². The van der Waals surface area contributed by atoms with Gasteiger partial charge >= 0.3 is 0 Å². The quantitative estimate of drug-likeness (QED) is 0.611. The number of benzene rings is 1. The van der Waals surface area contributed by atoms with Crippen molar-refractivity contribution in [1.29, 1.82) is 0 Å². The molecule has 7 nitrogen and oxygen atoms in total. The molecule has 0 spiro atoms. The highest BCUT2D eigenvalue weighted by Gasteiger charge is 2.16. The zero-order chi connectivity index (χ0) is 19.2. The first-order valence-electron chi connectivity index (χ1n) is 8.20. The summed E-state index contributed by atoms with van der Waals surface area (Å²) in [6, 6.07) is 10.5. The summed E-state index contributed by atoms with van der Waals surface area (Å²) in [4.78, 5) is 25.3. The molecule has 0 bridgehead atoms. The molecule has 0 radical (unpaired) electrons. The molecule has 0 aliphatic carbocycles. The van der Waals surface area contributed by atoms with Crippen LogP contribution >= 0.6 is 23.1 Å². The Morgan fingerprint density at radius 2 is 2.00 bits per heavy atom. The lowest BCUT2D eigenvalue weighted by molar-refractivity contribution is -0.117. The van der Waals surface area contributed by atoms with E-state index in [4.69, 9.17) is 4.74 Å². The molecule has 0 saturated carbocycles. The summed E-state index contributed by atoms with van der Waals surface area (Å²) in [7, 11) is 1.55. The van der Waals surface area contributed by atoms with Crippen LogP contribution in [0.4, 0.5) is 0 Å². The molecule has 0 saturated heterocycles. The lowest BCUT2D eigenvalue weighted by Gasteiger charge is -2.07. The molecule has 0 unspecified atom stereocenters. The first-order chi connectivity index (χ1) is 13.1. The highest BCUT2D eigenvalue weighted by molar-refractivity contribution is 7.99. The molecule has 1 N–H and O–H groups in total. The minimum Gasteiger partial charge on any atom is -0.497 e. The lowest BCUT2D eigenvalue weighted by atomic mass is 10.2. The van der Waals surface area contributed by atoms with Crippen LogP contribution in [0.2, 0.25) is 0 Å². The molecule has 2 aromatic heterocycles. The van der Waals surface area contributed by atoms with Crippen molar-refractivity contribution in [2.24, 2.45) is 0 Å².